The van der Waals surface area contributed by atoms with E-state index < -0.39 is 0 Å². The van der Waals surface area contributed by atoms with E-state index in [1.807, 2.05) is 6.92 Å². The Kier molecular flexibility index (Phi) is 5.26. The van der Waals surface area contributed by atoms with Crippen LogP contribution in [0.3, 0.4) is 0 Å². The van der Waals surface area contributed by atoms with Gasteiger partial charge >= 0.3 is 0 Å². The van der Waals surface area contributed by atoms with Gasteiger partial charge in [0.2, 0.25) is 0 Å². The molecule has 0 bridgehead atoms. The highest BCUT2D eigenvalue weighted by Crippen LogP contribution is 2.05. The van der Waals surface area contributed by atoms with E-state index in [0.29, 0.717) is 5.16 Å². The second-order valence-corrected chi connectivity index (χ2v) is 2.35. The van der Waals surface area contributed by atoms with Crippen molar-refractivity contribution in [2.24, 2.45) is 4.99 Å². The Bertz CT molecular complexity index is 134. The molecule has 0 aliphatic carbocycles. The van der Waals surface area contributed by atoms with Crippen molar-refractivity contribution in [1.29, 1.82) is 0 Å². The van der Waals surface area contributed by atoms with Crippen molar-refractivity contribution in [1.82, 2.24) is 0 Å². The summed E-state index contributed by atoms with van der Waals surface area (Å²) in [5.74, 6) is 0. The van der Waals surface area contributed by atoms with Gasteiger partial charge in [-0.05, 0) is 26.1 Å². The van der Waals surface area contributed by atoms with Crippen LogP contribution in [0.15, 0.2) is 16.2 Å². The topological polar surface area (TPSA) is 21.6 Å². The van der Waals surface area contributed by atoms with Crippen LogP contribution in [0, 0.1) is 0 Å². The SMILES string of the molecule is C=N/C(Cl)=C\CC(C)OC. The molecule has 0 aliphatic rings. The van der Waals surface area contributed by atoms with E-state index >= 15 is 0 Å². The van der Waals surface area contributed by atoms with Gasteiger partial charge in [0.25, 0.3) is 0 Å². The molecule has 1 atom stereocenters. The van der Waals surface area contributed by atoms with Crippen LogP contribution in [0.4, 0.5) is 0 Å². The number of hydrogen-bond donors (Lipinski definition) is 0. The predicted molar refractivity (Wildman–Crippen MR) is 44.6 cm³/mol. The van der Waals surface area contributed by atoms with E-state index in [1.165, 1.54) is 0 Å². The molecule has 0 aromatic heterocycles. The van der Waals surface area contributed by atoms with Crippen LogP contribution in [0.2, 0.25) is 0 Å². The van der Waals surface area contributed by atoms with Crippen LogP contribution in [0.1, 0.15) is 13.3 Å². The minimum absolute atomic E-state index is 0.190. The Hall–Kier alpha value is -0.340. The Morgan fingerprint density at radius 1 is 1.90 bits per heavy atom. The molecule has 3 heteroatoms. The van der Waals surface area contributed by atoms with Crippen LogP contribution in [0.5, 0.6) is 0 Å². The maximum Gasteiger partial charge on any atom is 0.124 e. The van der Waals surface area contributed by atoms with Crippen molar-refractivity contribution in [3.8, 4) is 0 Å². The van der Waals surface area contributed by atoms with Crippen molar-refractivity contribution >= 4 is 18.3 Å². The Morgan fingerprint density at radius 2 is 2.50 bits per heavy atom. The Labute approximate surface area is 66.6 Å². The molecule has 58 valence electrons. The fourth-order valence-electron chi connectivity index (χ4n) is 0.424. The highest BCUT2D eigenvalue weighted by molar-refractivity contribution is 6.29. The molecule has 0 radical (unpaired) electrons. The molecule has 0 heterocycles. The molecule has 0 amide bonds. The molecule has 0 N–H and O–H groups in total. The zero-order chi connectivity index (χ0) is 7.98. The lowest BCUT2D eigenvalue weighted by molar-refractivity contribution is 0.121. The van der Waals surface area contributed by atoms with Crippen molar-refractivity contribution in [2.75, 3.05) is 7.11 Å². The largest absolute Gasteiger partial charge is 0.381 e. The molecule has 0 aliphatic heterocycles. The number of nitrogens with zero attached hydrogens (tertiary/aromatic N) is 1. The van der Waals surface area contributed by atoms with Gasteiger partial charge in [-0.3, -0.25) is 4.99 Å². The summed E-state index contributed by atoms with van der Waals surface area (Å²) < 4.78 is 4.98. The predicted octanol–water partition coefficient (Wildman–Crippen LogP) is 2.19. The first-order valence-corrected chi connectivity index (χ1v) is 3.43. The quantitative estimate of drug-likeness (QED) is 0.458. The molecule has 0 saturated carbocycles. The molecular weight excluding hydrogens is 150 g/mol. The summed E-state index contributed by atoms with van der Waals surface area (Å²) in [5, 5.41) is 0.434. The lowest BCUT2D eigenvalue weighted by Gasteiger charge is -2.03. The Balaban J connectivity index is 3.60. The summed E-state index contributed by atoms with van der Waals surface area (Å²) in [4.78, 5) is 3.52. The molecule has 0 rings (SSSR count). The highest BCUT2D eigenvalue weighted by Gasteiger charge is 1.95. The summed E-state index contributed by atoms with van der Waals surface area (Å²) in [5.41, 5.74) is 0. The van der Waals surface area contributed by atoms with E-state index in [4.69, 9.17) is 16.3 Å². The molecule has 0 saturated heterocycles. The smallest absolute Gasteiger partial charge is 0.124 e. The van der Waals surface area contributed by atoms with E-state index in [-0.39, 0.29) is 6.10 Å². The van der Waals surface area contributed by atoms with Gasteiger partial charge in [0, 0.05) is 7.11 Å². The number of methoxy groups -OCH3 is 1. The number of ether oxygens (including phenoxy) is 1. The van der Waals surface area contributed by atoms with Gasteiger partial charge in [-0.1, -0.05) is 11.6 Å². The van der Waals surface area contributed by atoms with Gasteiger partial charge in [-0.2, -0.15) is 0 Å². The second kappa shape index (κ2) is 5.45. The van der Waals surface area contributed by atoms with E-state index in [1.54, 1.807) is 13.2 Å². The molecule has 0 fully saturated rings. The molecule has 10 heavy (non-hydrogen) atoms. The molecular formula is C7H12ClNO. The summed E-state index contributed by atoms with van der Waals surface area (Å²) in [7, 11) is 1.66. The minimum atomic E-state index is 0.190. The third-order valence-corrected chi connectivity index (χ3v) is 1.45. The van der Waals surface area contributed by atoms with Crippen molar-refractivity contribution < 1.29 is 4.74 Å². The molecule has 0 aromatic carbocycles. The molecule has 1 unspecified atom stereocenters. The minimum Gasteiger partial charge on any atom is -0.381 e. The molecule has 2 nitrogen and oxygen atoms in total. The van der Waals surface area contributed by atoms with Gasteiger partial charge in [0.15, 0.2) is 0 Å². The number of rotatable bonds is 4. The lowest BCUT2D eigenvalue weighted by atomic mass is 10.3. The number of hydrogen-bond acceptors (Lipinski definition) is 2. The maximum absolute atomic E-state index is 5.54. The van der Waals surface area contributed by atoms with Crippen LogP contribution in [-0.2, 0) is 4.74 Å². The van der Waals surface area contributed by atoms with Crippen LogP contribution < -0.4 is 0 Å². The fourth-order valence-corrected chi connectivity index (χ4v) is 0.513. The third-order valence-electron chi connectivity index (χ3n) is 1.17. The van der Waals surface area contributed by atoms with E-state index in [0.717, 1.165) is 6.42 Å². The Morgan fingerprint density at radius 3 is 2.90 bits per heavy atom. The van der Waals surface area contributed by atoms with E-state index in [2.05, 4.69) is 11.7 Å². The van der Waals surface area contributed by atoms with Gasteiger partial charge < -0.3 is 4.74 Å². The average molecular weight is 162 g/mol. The van der Waals surface area contributed by atoms with Crippen LogP contribution >= 0.6 is 11.6 Å². The first kappa shape index (κ1) is 9.66. The average Bonchev–Trinajstić information content (AvgIpc) is 1.99. The van der Waals surface area contributed by atoms with Gasteiger partial charge in [0.05, 0.1) is 6.10 Å². The second-order valence-electron chi connectivity index (χ2n) is 1.97. The van der Waals surface area contributed by atoms with Crippen LogP contribution in [-0.4, -0.2) is 19.9 Å². The van der Waals surface area contributed by atoms with Crippen molar-refractivity contribution in [3.63, 3.8) is 0 Å². The zero-order valence-electron chi connectivity index (χ0n) is 6.30. The molecule has 0 aromatic rings. The summed E-state index contributed by atoms with van der Waals surface area (Å²) in [6.45, 7) is 5.24. The lowest BCUT2D eigenvalue weighted by Crippen LogP contribution is -2.01. The summed E-state index contributed by atoms with van der Waals surface area (Å²) >= 11 is 5.54. The molecule has 0 spiro atoms. The summed E-state index contributed by atoms with van der Waals surface area (Å²) in [6, 6.07) is 0. The monoisotopic (exact) mass is 161 g/mol. The summed E-state index contributed by atoms with van der Waals surface area (Å²) in [6.07, 6.45) is 2.74. The van der Waals surface area contributed by atoms with Crippen molar-refractivity contribution in [3.05, 3.63) is 11.2 Å². The van der Waals surface area contributed by atoms with Crippen molar-refractivity contribution in [2.45, 2.75) is 19.4 Å². The normalized spacial score (nSPS) is 14.9. The van der Waals surface area contributed by atoms with Crippen LogP contribution in [0.25, 0.3) is 0 Å². The van der Waals surface area contributed by atoms with Gasteiger partial charge in [0.1, 0.15) is 5.16 Å². The highest BCUT2D eigenvalue weighted by atomic mass is 35.5. The maximum atomic E-state index is 5.54. The first-order chi connectivity index (χ1) is 4.70. The number of halogens is 1. The number of aliphatic imine (C=N–C) groups is 1. The zero-order valence-corrected chi connectivity index (χ0v) is 7.06. The third kappa shape index (κ3) is 4.53. The van der Waals surface area contributed by atoms with Gasteiger partial charge in [-0.25, -0.2) is 0 Å². The first-order valence-electron chi connectivity index (χ1n) is 3.06. The fraction of sp³-hybridized carbons (Fsp3) is 0.571. The standard InChI is InChI=1S/C7H12ClNO/c1-6(10-3)4-5-7(8)9-2/h5-6H,2,4H2,1,3H3/b7-5-. The van der Waals surface area contributed by atoms with E-state index in [9.17, 15) is 0 Å². The van der Waals surface area contributed by atoms with Gasteiger partial charge in [-0.15, -0.1) is 0 Å².